The minimum Gasteiger partial charge on any atom is -0.408 e. The Hall–Kier alpha value is -1.64. The Morgan fingerprint density at radius 3 is 2.67 bits per heavy atom. The van der Waals surface area contributed by atoms with Crippen molar-refractivity contribution >= 4 is 12.2 Å². The molecule has 0 fully saturated rings. The number of aryl methyl sites for hydroxylation is 1. The zero-order valence-electron chi connectivity index (χ0n) is 9.07. The number of rotatable bonds is 0. The van der Waals surface area contributed by atoms with Crippen LogP contribution in [0.15, 0.2) is 21.4 Å². The summed E-state index contributed by atoms with van der Waals surface area (Å²) < 4.78 is 4.95. The van der Waals surface area contributed by atoms with Crippen LogP contribution < -0.4 is 5.63 Å². The summed E-state index contributed by atoms with van der Waals surface area (Å²) in [7, 11) is 0. The summed E-state index contributed by atoms with van der Waals surface area (Å²) in [6.45, 7) is 5.82. The third-order valence-corrected chi connectivity index (χ3v) is 2.36. The van der Waals surface area contributed by atoms with Crippen LogP contribution in [0.1, 0.15) is 31.0 Å². The summed E-state index contributed by atoms with van der Waals surface area (Å²) in [5.41, 5.74) is 0.838. The number of fused-ring (bicyclic) bond motifs is 1. The van der Waals surface area contributed by atoms with E-state index in [1.54, 1.807) is 13.0 Å². The maximum atomic E-state index is 11.6. The van der Waals surface area contributed by atoms with Crippen LogP contribution >= 0.6 is 0 Å². The average molecular weight is 203 g/mol. The van der Waals surface area contributed by atoms with Crippen molar-refractivity contribution in [3.63, 3.8) is 0 Å². The van der Waals surface area contributed by atoms with E-state index < -0.39 is 0 Å². The SMILES string of the molecule is Cc1nc2c(c(=O)o1)C=CC(C)(C)C=C2. The van der Waals surface area contributed by atoms with Crippen LogP contribution in [-0.2, 0) is 0 Å². The molecule has 1 heterocycles. The molecule has 0 unspecified atom stereocenters. The molecule has 15 heavy (non-hydrogen) atoms. The van der Waals surface area contributed by atoms with Crippen molar-refractivity contribution in [2.45, 2.75) is 20.8 Å². The largest absolute Gasteiger partial charge is 0.408 e. The monoisotopic (exact) mass is 203 g/mol. The topological polar surface area (TPSA) is 43.1 Å². The van der Waals surface area contributed by atoms with Gasteiger partial charge in [0.1, 0.15) is 0 Å². The van der Waals surface area contributed by atoms with Crippen LogP contribution in [0.4, 0.5) is 0 Å². The molecule has 78 valence electrons. The standard InChI is InChI=1S/C12H13NO2/c1-8-13-10-5-7-12(2,3)6-4-9(10)11(14)15-8/h4-7H,1-3H3. The van der Waals surface area contributed by atoms with Crippen molar-refractivity contribution in [2.75, 3.05) is 0 Å². The van der Waals surface area contributed by atoms with Gasteiger partial charge in [-0.1, -0.05) is 26.0 Å². The third kappa shape index (κ3) is 1.91. The van der Waals surface area contributed by atoms with Crippen molar-refractivity contribution in [1.82, 2.24) is 4.98 Å². The second-order valence-electron chi connectivity index (χ2n) is 4.31. The van der Waals surface area contributed by atoms with Gasteiger partial charge in [0.05, 0.1) is 11.3 Å². The number of hydrogen-bond donors (Lipinski definition) is 0. The number of hydrogen-bond acceptors (Lipinski definition) is 3. The Balaban J connectivity index is 2.68. The van der Waals surface area contributed by atoms with Crippen LogP contribution in [-0.4, -0.2) is 4.98 Å². The molecule has 0 amide bonds. The zero-order valence-corrected chi connectivity index (χ0v) is 9.07. The van der Waals surface area contributed by atoms with E-state index in [0.29, 0.717) is 17.1 Å². The Labute approximate surface area is 88.2 Å². The lowest BCUT2D eigenvalue weighted by molar-refractivity contribution is 0.454. The van der Waals surface area contributed by atoms with Crippen molar-refractivity contribution in [2.24, 2.45) is 5.41 Å². The van der Waals surface area contributed by atoms with Crippen LogP contribution in [0, 0.1) is 12.3 Å². The van der Waals surface area contributed by atoms with E-state index in [1.165, 1.54) is 0 Å². The fraction of sp³-hybridized carbons (Fsp3) is 0.333. The molecule has 0 aliphatic heterocycles. The maximum Gasteiger partial charge on any atom is 0.346 e. The van der Waals surface area contributed by atoms with Crippen molar-refractivity contribution in [3.05, 3.63) is 39.7 Å². The van der Waals surface area contributed by atoms with Gasteiger partial charge in [-0.05, 0) is 12.2 Å². The highest BCUT2D eigenvalue weighted by Crippen LogP contribution is 2.25. The summed E-state index contributed by atoms with van der Waals surface area (Å²) in [6.07, 6.45) is 7.66. The lowest BCUT2D eigenvalue weighted by Crippen LogP contribution is -2.08. The lowest BCUT2D eigenvalue weighted by atomic mass is 9.93. The van der Waals surface area contributed by atoms with Crippen LogP contribution in [0.3, 0.4) is 0 Å². The van der Waals surface area contributed by atoms with Gasteiger partial charge in [0.15, 0.2) is 5.89 Å². The second kappa shape index (κ2) is 3.19. The number of aromatic nitrogens is 1. The van der Waals surface area contributed by atoms with Crippen LogP contribution in [0.25, 0.3) is 12.2 Å². The van der Waals surface area contributed by atoms with Crippen molar-refractivity contribution < 1.29 is 4.42 Å². The summed E-state index contributed by atoms with van der Waals surface area (Å²) >= 11 is 0. The summed E-state index contributed by atoms with van der Waals surface area (Å²) in [5.74, 6) is 0.400. The van der Waals surface area contributed by atoms with Gasteiger partial charge in [0.2, 0.25) is 0 Å². The highest BCUT2D eigenvalue weighted by atomic mass is 16.4. The van der Waals surface area contributed by atoms with Gasteiger partial charge in [0, 0.05) is 12.3 Å². The first kappa shape index (κ1) is 9.90. The Morgan fingerprint density at radius 2 is 1.93 bits per heavy atom. The minimum absolute atomic E-state index is 0.0545. The van der Waals surface area contributed by atoms with E-state index in [2.05, 4.69) is 18.8 Å². The fourth-order valence-electron chi connectivity index (χ4n) is 1.47. The quantitative estimate of drug-likeness (QED) is 0.650. The van der Waals surface area contributed by atoms with Gasteiger partial charge < -0.3 is 4.42 Å². The smallest absolute Gasteiger partial charge is 0.346 e. The summed E-state index contributed by atoms with van der Waals surface area (Å²) in [5, 5.41) is 0. The molecule has 0 bridgehead atoms. The van der Waals surface area contributed by atoms with Crippen molar-refractivity contribution in [1.29, 1.82) is 0 Å². The van der Waals surface area contributed by atoms with Gasteiger partial charge in [-0.2, -0.15) is 0 Å². The molecule has 0 atom stereocenters. The van der Waals surface area contributed by atoms with Gasteiger partial charge >= 0.3 is 5.63 Å². The summed E-state index contributed by atoms with van der Waals surface area (Å²) in [4.78, 5) is 15.8. The van der Waals surface area contributed by atoms with Gasteiger partial charge in [-0.15, -0.1) is 0 Å². The highest BCUT2D eigenvalue weighted by Gasteiger charge is 2.15. The van der Waals surface area contributed by atoms with Gasteiger partial charge in [-0.3, -0.25) is 0 Å². The molecular weight excluding hydrogens is 190 g/mol. The Morgan fingerprint density at radius 1 is 1.27 bits per heavy atom. The molecule has 0 spiro atoms. The molecule has 1 aromatic rings. The van der Waals surface area contributed by atoms with E-state index in [9.17, 15) is 4.79 Å². The Kier molecular flexibility index (Phi) is 2.11. The number of nitrogens with zero attached hydrogens (tertiary/aromatic N) is 1. The zero-order chi connectivity index (χ0) is 11.1. The molecule has 0 N–H and O–H groups in total. The first-order chi connectivity index (χ1) is 6.98. The van der Waals surface area contributed by atoms with Crippen LogP contribution in [0.5, 0.6) is 0 Å². The molecule has 0 radical (unpaired) electrons. The fourth-order valence-corrected chi connectivity index (χ4v) is 1.47. The lowest BCUT2D eigenvalue weighted by Gasteiger charge is -2.11. The van der Waals surface area contributed by atoms with Crippen LogP contribution in [0.2, 0.25) is 0 Å². The Bertz CT molecular complexity index is 507. The predicted octanol–water partition coefficient (Wildman–Crippen LogP) is 2.41. The average Bonchev–Trinajstić information content (AvgIpc) is 2.26. The van der Waals surface area contributed by atoms with Crippen molar-refractivity contribution in [3.8, 4) is 0 Å². The first-order valence-corrected chi connectivity index (χ1v) is 4.88. The molecular formula is C12H13NO2. The molecule has 1 aliphatic rings. The molecule has 2 rings (SSSR count). The molecule has 0 saturated carbocycles. The highest BCUT2D eigenvalue weighted by molar-refractivity contribution is 5.64. The first-order valence-electron chi connectivity index (χ1n) is 4.88. The normalized spacial score (nSPS) is 17.3. The van der Waals surface area contributed by atoms with Gasteiger partial charge in [-0.25, -0.2) is 9.78 Å². The molecule has 3 nitrogen and oxygen atoms in total. The van der Waals surface area contributed by atoms with E-state index in [4.69, 9.17) is 4.42 Å². The maximum absolute atomic E-state index is 11.6. The summed E-state index contributed by atoms with van der Waals surface area (Å²) in [6, 6.07) is 0. The molecule has 0 aromatic carbocycles. The molecule has 1 aromatic heterocycles. The number of allylic oxidation sites excluding steroid dienone is 2. The van der Waals surface area contributed by atoms with E-state index >= 15 is 0 Å². The minimum atomic E-state index is -0.323. The van der Waals surface area contributed by atoms with E-state index in [1.807, 2.05) is 18.2 Å². The third-order valence-electron chi connectivity index (χ3n) is 2.36. The second-order valence-corrected chi connectivity index (χ2v) is 4.31. The van der Waals surface area contributed by atoms with E-state index in [-0.39, 0.29) is 11.0 Å². The molecule has 3 heteroatoms. The van der Waals surface area contributed by atoms with E-state index in [0.717, 1.165) is 0 Å². The molecule has 1 aliphatic carbocycles. The predicted molar refractivity (Wildman–Crippen MR) is 59.4 cm³/mol. The molecule has 0 saturated heterocycles. The van der Waals surface area contributed by atoms with Gasteiger partial charge in [0.25, 0.3) is 0 Å².